The zero-order valence-corrected chi connectivity index (χ0v) is 10.2. The molecule has 0 amide bonds. The van der Waals surface area contributed by atoms with Crippen LogP contribution in [0.15, 0.2) is 18.3 Å². The second-order valence-electron chi connectivity index (χ2n) is 4.72. The lowest BCUT2D eigenvalue weighted by atomic mass is 9.97. The number of anilines is 1. The van der Waals surface area contributed by atoms with Crippen molar-refractivity contribution in [1.29, 1.82) is 0 Å². The topological polar surface area (TPSA) is 82.5 Å². The number of carbonyl (C=O) groups is 1. The Balaban J connectivity index is 2.00. The highest BCUT2D eigenvalue weighted by Gasteiger charge is 2.26. The van der Waals surface area contributed by atoms with Crippen molar-refractivity contribution in [2.24, 2.45) is 11.8 Å². The SMILES string of the molecule is O=C(O)c1ncccc1NCC1CCCC1CO. The summed E-state index contributed by atoms with van der Waals surface area (Å²) in [7, 11) is 0. The normalized spacial score (nSPS) is 22.9. The molecule has 2 atom stereocenters. The number of nitrogens with one attached hydrogen (secondary N) is 1. The van der Waals surface area contributed by atoms with Crippen LogP contribution < -0.4 is 5.32 Å². The van der Waals surface area contributed by atoms with Crippen LogP contribution >= 0.6 is 0 Å². The van der Waals surface area contributed by atoms with E-state index < -0.39 is 5.97 Å². The maximum atomic E-state index is 11.0. The molecule has 1 aromatic heterocycles. The third-order valence-electron chi connectivity index (χ3n) is 3.62. The number of carboxylic acid groups (broad SMARTS) is 1. The van der Waals surface area contributed by atoms with E-state index in [0.717, 1.165) is 19.3 Å². The predicted octanol–water partition coefficient (Wildman–Crippen LogP) is 1.60. The van der Waals surface area contributed by atoms with Gasteiger partial charge >= 0.3 is 5.97 Å². The molecule has 1 aliphatic rings. The van der Waals surface area contributed by atoms with Crippen LogP contribution in [-0.4, -0.2) is 34.3 Å². The summed E-state index contributed by atoms with van der Waals surface area (Å²) in [6.07, 6.45) is 4.75. The first-order valence-corrected chi connectivity index (χ1v) is 6.25. The van der Waals surface area contributed by atoms with E-state index in [1.165, 1.54) is 6.20 Å². The molecule has 1 aromatic rings. The molecule has 0 aliphatic heterocycles. The summed E-state index contributed by atoms with van der Waals surface area (Å²) in [5.74, 6) is -0.275. The number of pyridine rings is 1. The van der Waals surface area contributed by atoms with Gasteiger partial charge in [0.2, 0.25) is 0 Å². The van der Waals surface area contributed by atoms with Crippen molar-refractivity contribution in [2.75, 3.05) is 18.5 Å². The molecular weight excluding hydrogens is 232 g/mol. The van der Waals surface area contributed by atoms with Gasteiger partial charge in [0.25, 0.3) is 0 Å². The second-order valence-corrected chi connectivity index (χ2v) is 4.72. The number of hydrogen-bond donors (Lipinski definition) is 3. The van der Waals surface area contributed by atoms with Crippen LogP contribution in [0.3, 0.4) is 0 Å². The van der Waals surface area contributed by atoms with Gasteiger partial charge < -0.3 is 15.5 Å². The first-order valence-electron chi connectivity index (χ1n) is 6.25. The van der Waals surface area contributed by atoms with Gasteiger partial charge in [0, 0.05) is 19.3 Å². The molecule has 1 fully saturated rings. The van der Waals surface area contributed by atoms with Crippen LogP contribution in [0.2, 0.25) is 0 Å². The Bertz CT molecular complexity index is 422. The number of nitrogens with zero attached hydrogens (tertiary/aromatic N) is 1. The van der Waals surface area contributed by atoms with Crippen LogP contribution in [0.5, 0.6) is 0 Å². The van der Waals surface area contributed by atoms with E-state index >= 15 is 0 Å². The van der Waals surface area contributed by atoms with Crippen LogP contribution in [0, 0.1) is 11.8 Å². The minimum absolute atomic E-state index is 0.0519. The van der Waals surface area contributed by atoms with E-state index in [9.17, 15) is 9.90 Å². The highest BCUT2D eigenvalue weighted by molar-refractivity contribution is 5.91. The standard InChI is InChI=1S/C13H18N2O3/c16-8-10-4-1-3-9(10)7-15-11-5-2-6-14-12(11)13(17)18/h2,5-6,9-10,15-16H,1,3-4,7-8H2,(H,17,18). The maximum absolute atomic E-state index is 11.0. The predicted molar refractivity (Wildman–Crippen MR) is 67.6 cm³/mol. The molecule has 1 aliphatic carbocycles. The molecule has 5 heteroatoms. The quantitative estimate of drug-likeness (QED) is 0.739. The molecule has 0 radical (unpaired) electrons. The Morgan fingerprint density at radius 1 is 1.44 bits per heavy atom. The van der Waals surface area contributed by atoms with Crippen LogP contribution in [0.25, 0.3) is 0 Å². The lowest BCUT2D eigenvalue weighted by Gasteiger charge is -2.18. The first kappa shape index (κ1) is 12.8. The van der Waals surface area contributed by atoms with Crippen molar-refractivity contribution in [1.82, 2.24) is 4.98 Å². The summed E-state index contributed by atoms with van der Waals surface area (Å²) in [5, 5.41) is 21.4. The lowest BCUT2D eigenvalue weighted by molar-refractivity contribution is 0.0691. The fourth-order valence-electron chi connectivity index (χ4n) is 2.58. The van der Waals surface area contributed by atoms with Crippen molar-refractivity contribution in [2.45, 2.75) is 19.3 Å². The zero-order chi connectivity index (χ0) is 13.0. The molecule has 0 aromatic carbocycles. The van der Waals surface area contributed by atoms with E-state index in [2.05, 4.69) is 10.3 Å². The molecule has 5 nitrogen and oxygen atoms in total. The second kappa shape index (κ2) is 5.82. The highest BCUT2D eigenvalue weighted by atomic mass is 16.4. The zero-order valence-electron chi connectivity index (χ0n) is 10.2. The number of aliphatic hydroxyl groups excluding tert-OH is 1. The molecule has 18 heavy (non-hydrogen) atoms. The van der Waals surface area contributed by atoms with Gasteiger partial charge in [-0.15, -0.1) is 0 Å². The third-order valence-corrected chi connectivity index (χ3v) is 3.62. The molecule has 0 spiro atoms. The van der Waals surface area contributed by atoms with Crippen molar-refractivity contribution < 1.29 is 15.0 Å². The number of aromatic carboxylic acids is 1. The lowest BCUT2D eigenvalue weighted by Crippen LogP contribution is -2.21. The number of hydrogen-bond acceptors (Lipinski definition) is 4. The number of rotatable bonds is 5. The first-order chi connectivity index (χ1) is 8.72. The summed E-state index contributed by atoms with van der Waals surface area (Å²) >= 11 is 0. The summed E-state index contributed by atoms with van der Waals surface area (Å²) in [6.45, 7) is 0.905. The highest BCUT2D eigenvalue weighted by Crippen LogP contribution is 2.31. The largest absolute Gasteiger partial charge is 0.476 e. The van der Waals surface area contributed by atoms with Crippen molar-refractivity contribution in [3.05, 3.63) is 24.0 Å². The summed E-state index contributed by atoms with van der Waals surface area (Å²) in [6, 6.07) is 3.44. The van der Waals surface area contributed by atoms with Gasteiger partial charge in [0.15, 0.2) is 5.69 Å². The van der Waals surface area contributed by atoms with Gasteiger partial charge in [0.05, 0.1) is 5.69 Å². The fourth-order valence-corrected chi connectivity index (χ4v) is 2.58. The van der Waals surface area contributed by atoms with E-state index in [-0.39, 0.29) is 12.3 Å². The molecule has 98 valence electrons. The molecule has 1 saturated carbocycles. The van der Waals surface area contributed by atoms with Crippen molar-refractivity contribution in [3.63, 3.8) is 0 Å². The van der Waals surface area contributed by atoms with Crippen molar-refractivity contribution in [3.8, 4) is 0 Å². The average molecular weight is 250 g/mol. The van der Waals surface area contributed by atoms with Crippen molar-refractivity contribution >= 4 is 11.7 Å². The molecule has 2 unspecified atom stereocenters. The number of aromatic nitrogens is 1. The summed E-state index contributed by atoms with van der Waals surface area (Å²) < 4.78 is 0. The molecule has 2 rings (SSSR count). The van der Waals surface area contributed by atoms with Crippen LogP contribution in [-0.2, 0) is 0 Å². The van der Waals surface area contributed by atoms with Gasteiger partial charge in [-0.1, -0.05) is 6.42 Å². The maximum Gasteiger partial charge on any atom is 0.356 e. The van der Waals surface area contributed by atoms with E-state index in [0.29, 0.717) is 24.1 Å². The molecule has 0 bridgehead atoms. The van der Waals surface area contributed by atoms with E-state index in [4.69, 9.17) is 5.11 Å². The minimum atomic E-state index is -1.02. The van der Waals surface area contributed by atoms with Gasteiger partial charge in [-0.3, -0.25) is 0 Å². The van der Waals surface area contributed by atoms with Gasteiger partial charge in [-0.25, -0.2) is 9.78 Å². The monoisotopic (exact) mass is 250 g/mol. The van der Waals surface area contributed by atoms with Crippen LogP contribution in [0.4, 0.5) is 5.69 Å². The Morgan fingerprint density at radius 3 is 2.94 bits per heavy atom. The fraction of sp³-hybridized carbons (Fsp3) is 0.538. The average Bonchev–Trinajstić information content (AvgIpc) is 2.84. The Labute approximate surface area is 106 Å². The van der Waals surface area contributed by atoms with Gasteiger partial charge in [-0.05, 0) is 36.8 Å². The Morgan fingerprint density at radius 2 is 2.22 bits per heavy atom. The van der Waals surface area contributed by atoms with E-state index in [1.807, 2.05) is 0 Å². The molecule has 3 N–H and O–H groups in total. The summed E-state index contributed by atoms with van der Waals surface area (Å²) in [5.41, 5.74) is 0.602. The summed E-state index contributed by atoms with van der Waals surface area (Å²) in [4.78, 5) is 14.8. The molecular formula is C13H18N2O3. The van der Waals surface area contributed by atoms with Crippen LogP contribution in [0.1, 0.15) is 29.8 Å². The van der Waals surface area contributed by atoms with Gasteiger partial charge in [-0.2, -0.15) is 0 Å². The Hall–Kier alpha value is -1.62. The Kier molecular flexibility index (Phi) is 4.15. The molecule has 0 saturated heterocycles. The third kappa shape index (κ3) is 2.79. The van der Waals surface area contributed by atoms with Gasteiger partial charge in [0.1, 0.15) is 0 Å². The molecule has 1 heterocycles. The minimum Gasteiger partial charge on any atom is -0.476 e. The smallest absolute Gasteiger partial charge is 0.356 e. The number of carboxylic acids is 1. The number of aliphatic hydroxyl groups is 1. The van der Waals surface area contributed by atoms with E-state index in [1.54, 1.807) is 12.1 Å².